The molecule has 1 saturated carbocycles. The van der Waals surface area contributed by atoms with Crippen molar-refractivity contribution in [3.8, 4) is 6.07 Å². The minimum atomic E-state index is -0.380. The summed E-state index contributed by atoms with van der Waals surface area (Å²) >= 11 is 7.95. The van der Waals surface area contributed by atoms with Crippen molar-refractivity contribution in [2.24, 2.45) is 0 Å². The van der Waals surface area contributed by atoms with Crippen LogP contribution < -0.4 is 5.32 Å². The van der Waals surface area contributed by atoms with Gasteiger partial charge in [0.2, 0.25) is 0 Å². The zero-order valence-electron chi connectivity index (χ0n) is 11.2. The summed E-state index contributed by atoms with van der Waals surface area (Å²) in [4.78, 5) is 0. The van der Waals surface area contributed by atoms with Gasteiger partial charge in [0, 0.05) is 16.8 Å². The molecular formula is C15H19ClN2S. The first kappa shape index (κ1) is 14.7. The molecule has 0 bridgehead atoms. The molecule has 1 aromatic carbocycles. The van der Waals surface area contributed by atoms with Crippen molar-refractivity contribution in [3.63, 3.8) is 0 Å². The number of nitriles is 1. The smallest absolute Gasteiger partial charge is 0.104 e. The summed E-state index contributed by atoms with van der Waals surface area (Å²) in [6.45, 7) is 2.00. The Hall–Kier alpha value is -0.690. The lowest BCUT2D eigenvalue weighted by atomic mass is 10.0. The first-order chi connectivity index (χ1) is 9.13. The summed E-state index contributed by atoms with van der Waals surface area (Å²) < 4.78 is 0. The fraction of sp³-hybridized carbons (Fsp3) is 0.533. The van der Waals surface area contributed by atoms with E-state index >= 15 is 0 Å². The van der Waals surface area contributed by atoms with Gasteiger partial charge in [-0.25, -0.2) is 0 Å². The highest BCUT2D eigenvalue weighted by molar-refractivity contribution is 7.98. The van der Waals surface area contributed by atoms with E-state index in [-0.39, 0.29) is 5.54 Å². The Kier molecular flexibility index (Phi) is 5.15. The lowest BCUT2D eigenvalue weighted by Crippen LogP contribution is -2.42. The van der Waals surface area contributed by atoms with E-state index in [0.29, 0.717) is 6.04 Å². The Balaban J connectivity index is 1.74. The molecule has 0 aromatic heterocycles. The fourth-order valence-electron chi connectivity index (χ4n) is 1.91. The van der Waals surface area contributed by atoms with Crippen molar-refractivity contribution in [3.05, 3.63) is 34.9 Å². The summed E-state index contributed by atoms with van der Waals surface area (Å²) in [6.07, 6.45) is 3.29. The molecule has 102 valence electrons. The third kappa shape index (κ3) is 4.72. The number of hydrogen-bond donors (Lipinski definition) is 1. The van der Waals surface area contributed by atoms with Crippen molar-refractivity contribution in [2.45, 2.75) is 43.5 Å². The molecule has 0 spiro atoms. The monoisotopic (exact) mass is 294 g/mol. The van der Waals surface area contributed by atoms with Gasteiger partial charge in [-0.15, -0.1) is 0 Å². The number of nitrogens with one attached hydrogen (secondary N) is 1. The van der Waals surface area contributed by atoms with Crippen LogP contribution in [0, 0.1) is 11.3 Å². The van der Waals surface area contributed by atoms with Crippen LogP contribution in [0.25, 0.3) is 0 Å². The molecule has 0 saturated heterocycles. The van der Waals surface area contributed by atoms with Crippen molar-refractivity contribution < 1.29 is 0 Å². The number of rotatable bonds is 7. The zero-order chi connectivity index (χ0) is 13.7. The number of hydrogen-bond acceptors (Lipinski definition) is 3. The molecule has 1 aromatic rings. The maximum atomic E-state index is 9.28. The van der Waals surface area contributed by atoms with Crippen LogP contribution in [-0.2, 0) is 5.75 Å². The summed E-state index contributed by atoms with van der Waals surface area (Å²) in [5.41, 5.74) is 0.789. The quantitative estimate of drug-likeness (QED) is 0.772. The molecule has 1 aliphatic rings. The van der Waals surface area contributed by atoms with Crippen LogP contribution >= 0.6 is 23.4 Å². The van der Waals surface area contributed by atoms with E-state index in [1.54, 1.807) is 0 Å². The van der Waals surface area contributed by atoms with Crippen LogP contribution in [0.15, 0.2) is 24.3 Å². The van der Waals surface area contributed by atoms with Gasteiger partial charge in [-0.2, -0.15) is 17.0 Å². The molecule has 0 amide bonds. The Morgan fingerprint density at radius 2 is 2.21 bits per heavy atom. The second kappa shape index (κ2) is 6.65. The lowest BCUT2D eigenvalue weighted by molar-refractivity contribution is 0.434. The third-order valence-corrected chi connectivity index (χ3v) is 4.69. The normalized spacial score (nSPS) is 17.7. The van der Waals surface area contributed by atoms with Crippen molar-refractivity contribution in [2.75, 3.05) is 5.75 Å². The van der Waals surface area contributed by atoms with Crippen LogP contribution in [0.2, 0.25) is 5.02 Å². The Labute approximate surface area is 124 Å². The van der Waals surface area contributed by atoms with E-state index in [0.717, 1.165) is 22.9 Å². The number of nitrogens with zero attached hydrogens (tertiary/aromatic N) is 1. The molecule has 0 radical (unpaired) electrons. The molecule has 2 rings (SSSR count). The van der Waals surface area contributed by atoms with Gasteiger partial charge >= 0.3 is 0 Å². The third-order valence-electron chi connectivity index (χ3n) is 3.31. The van der Waals surface area contributed by atoms with E-state index in [1.165, 1.54) is 18.4 Å². The molecule has 19 heavy (non-hydrogen) atoms. The van der Waals surface area contributed by atoms with Gasteiger partial charge in [-0.05, 0) is 43.6 Å². The summed E-state index contributed by atoms with van der Waals surface area (Å²) in [5.74, 6) is 1.87. The Bertz CT molecular complexity index is 467. The minimum Gasteiger partial charge on any atom is -0.297 e. The molecule has 1 unspecified atom stereocenters. The van der Waals surface area contributed by atoms with Gasteiger partial charge in [0.15, 0.2) is 0 Å². The van der Waals surface area contributed by atoms with Crippen LogP contribution in [0.5, 0.6) is 0 Å². The summed E-state index contributed by atoms with van der Waals surface area (Å²) in [5, 5.41) is 13.5. The van der Waals surface area contributed by atoms with Gasteiger partial charge in [-0.1, -0.05) is 29.8 Å². The number of benzene rings is 1. The van der Waals surface area contributed by atoms with Gasteiger partial charge in [-0.3, -0.25) is 5.32 Å². The van der Waals surface area contributed by atoms with E-state index < -0.39 is 0 Å². The molecular weight excluding hydrogens is 276 g/mol. The average Bonchev–Trinajstić information content (AvgIpc) is 3.20. The van der Waals surface area contributed by atoms with E-state index in [1.807, 2.05) is 36.9 Å². The number of halogens is 1. The van der Waals surface area contributed by atoms with Gasteiger partial charge in [0.05, 0.1) is 6.07 Å². The maximum absolute atomic E-state index is 9.28. The van der Waals surface area contributed by atoms with Crippen molar-refractivity contribution in [1.82, 2.24) is 5.32 Å². The molecule has 1 N–H and O–H groups in total. The molecule has 0 heterocycles. The highest BCUT2D eigenvalue weighted by atomic mass is 35.5. The van der Waals surface area contributed by atoms with E-state index in [9.17, 15) is 5.26 Å². The molecule has 1 fully saturated rings. The van der Waals surface area contributed by atoms with Gasteiger partial charge in [0.1, 0.15) is 5.54 Å². The van der Waals surface area contributed by atoms with Crippen LogP contribution in [0.3, 0.4) is 0 Å². The second-order valence-electron chi connectivity index (χ2n) is 5.26. The van der Waals surface area contributed by atoms with Gasteiger partial charge in [0.25, 0.3) is 0 Å². The van der Waals surface area contributed by atoms with Crippen LogP contribution in [0.1, 0.15) is 31.7 Å². The highest BCUT2D eigenvalue weighted by Crippen LogP contribution is 2.26. The standard InChI is InChI=1S/C15H19ClN2S/c1-15(11-17,18-13-6-7-13)8-9-19-10-12-4-2-3-5-14(12)16/h2-5,13,18H,6-10H2,1H3. The Morgan fingerprint density at radius 1 is 1.47 bits per heavy atom. The molecule has 0 aliphatic heterocycles. The first-order valence-corrected chi connectivity index (χ1v) is 8.16. The van der Waals surface area contributed by atoms with E-state index in [2.05, 4.69) is 17.5 Å². The molecule has 1 aliphatic carbocycles. The number of thioether (sulfide) groups is 1. The van der Waals surface area contributed by atoms with Gasteiger partial charge < -0.3 is 0 Å². The molecule has 2 nitrogen and oxygen atoms in total. The topological polar surface area (TPSA) is 35.8 Å². The van der Waals surface area contributed by atoms with Crippen LogP contribution in [-0.4, -0.2) is 17.3 Å². The van der Waals surface area contributed by atoms with E-state index in [4.69, 9.17) is 11.6 Å². The van der Waals surface area contributed by atoms with Crippen molar-refractivity contribution in [1.29, 1.82) is 5.26 Å². The molecule has 4 heteroatoms. The van der Waals surface area contributed by atoms with Crippen LogP contribution in [0.4, 0.5) is 0 Å². The van der Waals surface area contributed by atoms with Crippen molar-refractivity contribution >= 4 is 23.4 Å². The Morgan fingerprint density at radius 3 is 2.84 bits per heavy atom. The minimum absolute atomic E-state index is 0.380. The molecule has 1 atom stereocenters. The highest BCUT2D eigenvalue weighted by Gasteiger charge is 2.31. The largest absolute Gasteiger partial charge is 0.297 e. The first-order valence-electron chi connectivity index (χ1n) is 6.63. The lowest BCUT2D eigenvalue weighted by Gasteiger charge is -2.23. The summed E-state index contributed by atoms with van der Waals surface area (Å²) in [6, 6.07) is 10.9. The predicted molar refractivity (Wildman–Crippen MR) is 82.4 cm³/mol. The fourth-order valence-corrected chi connectivity index (χ4v) is 3.36. The maximum Gasteiger partial charge on any atom is 0.104 e. The summed E-state index contributed by atoms with van der Waals surface area (Å²) in [7, 11) is 0. The SMILES string of the molecule is CC(C#N)(CCSCc1ccccc1Cl)NC1CC1. The average molecular weight is 295 g/mol. The second-order valence-corrected chi connectivity index (χ2v) is 6.77. The zero-order valence-corrected chi connectivity index (χ0v) is 12.7. The predicted octanol–water partition coefficient (Wildman–Crippen LogP) is 4.00.